The third-order valence-corrected chi connectivity index (χ3v) is 6.41. The molecule has 2 aromatic carbocycles. The first-order chi connectivity index (χ1) is 16.3. The second-order valence-electron chi connectivity index (χ2n) is 7.86. The highest BCUT2D eigenvalue weighted by molar-refractivity contribution is 7.99. The normalized spacial score (nSPS) is 11.2. The summed E-state index contributed by atoms with van der Waals surface area (Å²) >= 11 is 7.63. The first-order valence-corrected chi connectivity index (χ1v) is 12.0. The first-order valence-electron chi connectivity index (χ1n) is 10.7. The highest BCUT2D eigenvalue weighted by Crippen LogP contribution is 2.32. The van der Waals surface area contributed by atoms with Gasteiger partial charge in [0, 0.05) is 12.6 Å². The van der Waals surface area contributed by atoms with Gasteiger partial charge in [-0.05, 0) is 45.0 Å². The minimum Gasteiger partial charge on any atom is -0.462 e. The number of benzene rings is 2. The summed E-state index contributed by atoms with van der Waals surface area (Å²) < 4.78 is 10.3. The Hall–Kier alpha value is -3.30. The SMILES string of the molecule is Cc1c(-n2c(SCC(=O)OC(C)C)nnc2-c2ccccc2Cl)c(=O)n(-c2ccccc2)n1C. The molecule has 176 valence electrons. The molecule has 0 spiro atoms. The minimum atomic E-state index is -0.375. The van der Waals surface area contributed by atoms with Gasteiger partial charge in [-0.25, -0.2) is 4.68 Å². The number of halogens is 1. The first kappa shape index (κ1) is 23.8. The van der Waals surface area contributed by atoms with Crippen LogP contribution in [0.25, 0.3) is 22.8 Å². The van der Waals surface area contributed by atoms with Gasteiger partial charge in [0.25, 0.3) is 5.56 Å². The summed E-state index contributed by atoms with van der Waals surface area (Å²) in [6, 6.07) is 16.6. The van der Waals surface area contributed by atoms with Crippen molar-refractivity contribution < 1.29 is 9.53 Å². The second kappa shape index (κ2) is 9.90. The van der Waals surface area contributed by atoms with Crippen LogP contribution in [0.5, 0.6) is 0 Å². The van der Waals surface area contributed by atoms with E-state index in [1.54, 1.807) is 33.8 Å². The van der Waals surface area contributed by atoms with E-state index in [1.807, 2.05) is 62.5 Å². The maximum atomic E-state index is 13.7. The molecular weight excluding hydrogens is 474 g/mol. The van der Waals surface area contributed by atoms with Gasteiger partial charge >= 0.3 is 5.97 Å². The van der Waals surface area contributed by atoms with Crippen molar-refractivity contribution in [3.8, 4) is 22.8 Å². The number of ether oxygens (including phenoxy) is 1. The third kappa shape index (κ3) is 4.53. The maximum Gasteiger partial charge on any atom is 0.316 e. The summed E-state index contributed by atoms with van der Waals surface area (Å²) in [6.45, 7) is 5.44. The van der Waals surface area contributed by atoms with Crippen molar-refractivity contribution in [2.45, 2.75) is 32.0 Å². The number of thioether (sulfide) groups is 1. The van der Waals surface area contributed by atoms with Crippen LogP contribution < -0.4 is 5.56 Å². The molecule has 4 aromatic rings. The Labute approximate surface area is 206 Å². The van der Waals surface area contributed by atoms with E-state index < -0.39 is 0 Å². The third-order valence-electron chi connectivity index (χ3n) is 5.18. The van der Waals surface area contributed by atoms with Crippen LogP contribution in [0, 0.1) is 6.92 Å². The van der Waals surface area contributed by atoms with Gasteiger partial charge in [0.15, 0.2) is 11.0 Å². The van der Waals surface area contributed by atoms with Gasteiger partial charge in [0.1, 0.15) is 5.69 Å². The summed E-state index contributed by atoms with van der Waals surface area (Å²) in [5.41, 5.74) is 2.19. The topological polar surface area (TPSA) is 83.9 Å². The van der Waals surface area contributed by atoms with Crippen LogP contribution in [0.4, 0.5) is 0 Å². The van der Waals surface area contributed by atoms with Crippen molar-refractivity contribution in [1.82, 2.24) is 24.1 Å². The van der Waals surface area contributed by atoms with E-state index in [2.05, 4.69) is 10.2 Å². The molecule has 0 saturated carbocycles. The average molecular weight is 498 g/mol. The number of hydrogen-bond acceptors (Lipinski definition) is 6. The molecule has 4 rings (SSSR count). The standard InChI is InChI=1S/C24H24ClN5O3S/c1-15(2)33-20(31)14-34-24-27-26-22(18-12-8-9-13-19(18)25)29(24)21-16(3)28(4)30(23(21)32)17-10-6-5-7-11-17/h5-13,15H,14H2,1-4H3. The van der Waals surface area contributed by atoms with Gasteiger partial charge in [-0.2, -0.15) is 0 Å². The van der Waals surface area contributed by atoms with E-state index in [9.17, 15) is 9.59 Å². The van der Waals surface area contributed by atoms with Gasteiger partial charge < -0.3 is 4.74 Å². The molecule has 0 saturated heterocycles. The molecule has 8 nitrogen and oxygen atoms in total. The van der Waals surface area contributed by atoms with Gasteiger partial charge in [0.2, 0.25) is 0 Å². The molecule has 0 aliphatic heterocycles. The summed E-state index contributed by atoms with van der Waals surface area (Å²) in [4.78, 5) is 25.9. The Morgan fingerprint density at radius 2 is 1.76 bits per heavy atom. The fourth-order valence-electron chi connectivity index (χ4n) is 3.61. The van der Waals surface area contributed by atoms with Crippen molar-refractivity contribution in [2.24, 2.45) is 7.05 Å². The van der Waals surface area contributed by atoms with Crippen LogP contribution in [-0.4, -0.2) is 42.0 Å². The Morgan fingerprint density at radius 1 is 1.09 bits per heavy atom. The fraction of sp³-hybridized carbons (Fsp3) is 0.250. The van der Waals surface area contributed by atoms with Crippen molar-refractivity contribution in [1.29, 1.82) is 0 Å². The minimum absolute atomic E-state index is 0.0254. The van der Waals surface area contributed by atoms with Crippen LogP contribution in [0.15, 0.2) is 64.5 Å². The van der Waals surface area contributed by atoms with E-state index in [1.165, 1.54) is 0 Å². The van der Waals surface area contributed by atoms with E-state index in [4.69, 9.17) is 16.3 Å². The zero-order valence-corrected chi connectivity index (χ0v) is 20.8. The Balaban J connectivity index is 1.90. The highest BCUT2D eigenvalue weighted by atomic mass is 35.5. The van der Waals surface area contributed by atoms with Gasteiger partial charge in [0.05, 0.1) is 28.3 Å². The van der Waals surface area contributed by atoms with Crippen molar-refractivity contribution in [3.63, 3.8) is 0 Å². The predicted molar refractivity (Wildman–Crippen MR) is 133 cm³/mol. The zero-order valence-electron chi connectivity index (χ0n) is 19.2. The molecule has 2 heterocycles. The fourth-order valence-corrected chi connectivity index (χ4v) is 4.55. The number of aromatic nitrogens is 5. The summed E-state index contributed by atoms with van der Waals surface area (Å²) in [6.07, 6.45) is -0.223. The van der Waals surface area contributed by atoms with E-state index in [0.29, 0.717) is 32.9 Å². The molecule has 0 bridgehead atoms. The number of para-hydroxylation sites is 1. The smallest absolute Gasteiger partial charge is 0.316 e. The molecule has 0 unspecified atom stereocenters. The van der Waals surface area contributed by atoms with Crippen molar-refractivity contribution >= 4 is 29.3 Å². The van der Waals surface area contributed by atoms with E-state index in [-0.39, 0.29) is 23.4 Å². The van der Waals surface area contributed by atoms with Crippen LogP contribution in [0.1, 0.15) is 19.5 Å². The number of hydrogen-bond donors (Lipinski definition) is 0. The van der Waals surface area contributed by atoms with Crippen LogP contribution in [-0.2, 0) is 16.6 Å². The second-order valence-corrected chi connectivity index (χ2v) is 9.21. The lowest BCUT2D eigenvalue weighted by molar-refractivity contribution is -0.144. The molecule has 0 N–H and O–H groups in total. The molecule has 0 atom stereocenters. The van der Waals surface area contributed by atoms with E-state index in [0.717, 1.165) is 17.4 Å². The number of carbonyl (C=O) groups is 1. The highest BCUT2D eigenvalue weighted by Gasteiger charge is 2.26. The molecule has 0 fully saturated rings. The van der Waals surface area contributed by atoms with Crippen molar-refractivity contribution in [2.75, 3.05) is 5.75 Å². The average Bonchev–Trinajstić information content (AvgIpc) is 3.30. The molecule has 2 aromatic heterocycles. The quantitative estimate of drug-likeness (QED) is 0.277. The monoisotopic (exact) mass is 497 g/mol. The predicted octanol–water partition coefficient (Wildman–Crippen LogP) is 4.43. The zero-order chi connectivity index (χ0) is 24.4. The Kier molecular flexibility index (Phi) is 6.95. The maximum absolute atomic E-state index is 13.7. The number of esters is 1. The molecule has 0 amide bonds. The molecular formula is C24H24ClN5O3S. The Bertz CT molecular complexity index is 1390. The molecule has 0 aliphatic carbocycles. The lowest BCUT2D eigenvalue weighted by Gasteiger charge is -2.11. The number of carbonyl (C=O) groups excluding carboxylic acids is 1. The Morgan fingerprint density at radius 3 is 2.44 bits per heavy atom. The summed E-state index contributed by atoms with van der Waals surface area (Å²) in [7, 11) is 1.82. The van der Waals surface area contributed by atoms with E-state index >= 15 is 0 Å². The van der Waals surface area contributed by atoms with Crippen LogP contribution >= 0.6 is 23.4 Å². The van der Waals surface area contributed by atoms with Gasteiger partial charge in [-0.1, -0.05) is 53.7 Å². The lowest BCUT2D eigenvalue weighted by atomic mass is 10.2. The number of rotatable bonds is 7. The van der Waals surface area contributed by atoms with Crippen molar-refractivity contribution in [3.05, 3.63) is 75.7 Å². The number of nitrogens with zero attached hydrogens (tertiary/aromatic N) is 5. The molecule has 0 radical (unpaired) electrons. The largest absolute Gasteiger partial charge is 0.462 e. The molecule has 10 heteroatoms. The summed E-state index contributed by atoms with van der Waals surface area (Å²) in [5.74, 6) is 0.0640. The van der Waals surface area contributed by atoms with Gasteiger partial charge in [-0.15, -0.1) is 10.2 Å². The van der Waals surface area contributed by atoms with Gasteiger partial charge in [-0.3, -0.25) is 18.8 Å². The van der Waals surface area contributed by atoms with Crippen LogP contribution in [0.3, 0.4) is 0 Å². The summed E-state index contributed by atoms with van der Waals surface area (Å²) in [5, 5.41) is 9.53. The lowest BCUT2D eigenvalue weighted by Crippen LogP contribution is -2.22. The molecule has 0 aliphatic rings. The molecule has 34 heavy (non-hydrogen) atoms. The van der Waals surface area contributed by atoms with Crippen LogP contribution in [0.2, 0.25) is 5.02 Å².